The molecule has 1 saturated heterocycles. The standard InChI is InChI=1S/C18H26N4O3/c1-4-8-19-17(23)14(3)21-9-11-22(12-10-21)16-7-6-15(13-20-16)18(24)25-5-2/h4,6-7,13-14H,1,5,8-12H2,2-3H3,(H,19,23). The molecule has 1 amide bonds. The number of hydrogen-bond donors (Lipinski definition) is 1. The Morgan fingerprint density at radius 2 is 2.08 bits per heavy atom. The minimum atomic E-state index is -0.356. The number of pyridine rings is 1. The smallest absolute Gasteiger partial charge is 0.339 e. The fourth-order valence-corrected chi connectivity index (χ4v) is 2.73. The minimum Gasteiger partial charge on any atom is -0.462 e. The maximum Gasteiger partial charge on any atom is 0.339 e. The van der Waals surface area contributed by atoms with Crippen molar-refractivity contribution in [1.29, 1.82) is 0 Å². The third-order valence-corrected chi connectivity index (χ3v) is 4.25. The highest BCUT2D eigenvalue weighted by Gasteiger charge is 2.25. The summed E-state index contributed by atoms with van der Waals surface area (Å²) in [5.74, 6) is 0.493. The van der Waals surface area contributed by atoms with Gasteiger partial charge in [-0.3, -0.25) is 9.69 Å². The van der Waals surface area contributed by atoms with Crippen LogP contribution in [0.5, 0.6) is 0 Å². The lowest BCUT2D eigenvalue weighted by molar-refractivity contribution is -0.125. The van der Waals surface area contributed by atoms with Gasteiger partial charge < -0.3 is 15.0 Å². The van der Waals surface area contributed by atoms with Crippen molar-refractivity contribution < 1.29 is 14.3 Å². The molecule has 1 N–H and O–H groups in total. The van der Waals surface area contributed by atoms with Crippen molar-refractivity contribution in [3.05, 3.63) is 36.5 Å². The predicted octanol–water partition coefficient (Wildman–Crippen LogP) is 1.07. The molecule has 0 aromatic carbocycles. The Balaban J connectivity index is 1.88. The normalized spacial score (nSPS) is 16.2. The SMILES string of the molecule is C=CCNC(=O)C(C)N1CCN(c2ccc(C(=O)OCC)cn2)CC1. The van der Waals surface area contributed by atoms with Crippen molar-refractivity contribution in [3.8, 4) is 0 Å². The Bertz CT molecular complexity index is 595. The third kappa shape index (κ3) is 5.03. The van der Waals surface area contributed by atoms with Crippen LogP contribution in [-0.2, 0) is 9.53 Å². The molecule has 0 radical (unpaired) electrons. The highest BCUT2D eigenvalue weighted by molar-refractivity contribution is 5.89. The minimum absolute atomic E-state index is 0.0188. The van der Waals surface area contributed by atoms with Crippen LogP contribution < -0.4 is 10.2 Å². The van der Waals surface area contributed by atoms with Gasteiger partial charge >= 0.3 is 5.97 Å². The largest absolute Gasteiger partial charge is 0.462 e. The number of carbonyl (C=O) groups is 2. The molecule has 136 valence electrons. The van der Waals surface area contributed by atoms with Gasteiger partial charge in [-0.15, -0.1) is 6.58 Å². The summed E-state index contributed by atoms with van der Waals surface area (Å²) in [7, 11) is 0. The second-order valence-electron chi connectivity index (χ2n) is 5.86. The first-order chi connectivity index (χ1) is 12.1. The van der Waals surface area contributed by atoms with Gasteiger partial charge in [-0.25, -0.2) is 9.78 Å². The van der Waals surface area contributed by atoms with E-state index in [0.717, 1.165) is 32.0 Å². The number of amides is 1. The van der Waals surface area contributed by atoms with Crippen LogP contribution in [0.15, 0.2) is 31.0 Å². The maximum atomic E-state index is 12.0. The topological polar surface area (TPSA) is 74.8 Å². The van der Waals surface area contributed by atoms with Crippen LogP contribution in [0, 0.1) is 0 Å². The number of carbonyl (C=O) groups excluding carboxylic acids is 2. The number of piperazine rings is 1. The van der Waals surface area contributed by atoms with Crippen LogP contribution in [0.2, 0.25) is 0 Å². The molecule has 0 spiro atoms. The first-order valence-electron chi connectivity index (χ1n) is 8.57. The first kappa shape index (κ1) is 18.9. The molecule has 1 aliphatic heterocycles. The molecule has 2 rings (SSSR count). The zero-order valence-electron chi connectivity index (χ0n) is 14.9. The highest BCUT2D eigenvalue weighted by atomic mass is 16.5. The van der Waals surface area contributed by atoms with Gasteiger partial charge in [0.2, 0.25) is 5.91 Å². The van der Waals surface area contributed by atoms with Gasteiger partial charge in [0.05, 0.1) is 18.2 Å². The molecule has 0 aliphatic carbocycles. The van der Waals surface area contributed by atoms with Crippen molar-refractivity contribution in [2.24, 2.45) is 0 Å². The van der Waals surface area contributed by atoms with Gasteiger partial charge in [-0.1, -0.05) is 6.08 Å². The summed E-state index contributed by atoms with van der Waals surface area (Å²) in [4.78, 5) is 32.4. The maximum absolute atomic E-state index is 12.0. The van der Waals surface area contributed by atoms with E-state index in [1.165, 1.54) is 0 Å². The number of nitrogens with zero attached hydrogens (tertiary/aromatic N) is 3. The van der Waals surface area contributed by atoms with Crippen LogP contribution in [-0.4, -0.2) is 67.1 Å². The lowest BCUT2D eigenvalue weighted by atomic mass is 10.2. The average Bonchev–Trinajstić information content (AvgIpc) is 2.66. The zero-order valence-corrected chi connectivity index (χ0v) is 14.9. The first-order valence-corrected chi connectivity index (χ1v) is 8.57. The highest BCUT2D eigenvalue weighted by Crippen LogP contribution is 2.16. The number of ether oxygens (including phenoxy) is 1. The van der Waals surface area contributed by atoms with Crippen LogP contribution in [0.1, 0.15) is 24.2 Å². The molecule has 2 heterocycles. The summed E-state index contributed by atoms with van der Waals surface area (Å²) in [6, 6.07) is 3.40. The van der Waals surface area contributed by atoms with E-state index in [0.29, 0.717) is 18.7 Å². The number of esters is 1. The van der Waals surface area contributed by atoms with Crippen molar-refractivity contribution in [1.82, 2.24) is 15.2 Å². The van der Waals surface area contributed by atoms with E-state index in [-0.39, 0.29) is 17.9 Å². The van der Waals surface area contributed by atoms with Gasteiger partial charge in [-0.05, 0) is 26.0 Å². The third-order valence-electron chi connectivity index (χ3n) is 4.25. The van der Waals surface area contributed by atoms with E-state index in [2.05, 4.69) is 26.7 Å². The second-order valence-corrected chi connectivity index (χ2v) is 5.86. The molecule has 1 atom stereocenters. The van der Waals surface area contributed by atoms with Crippen molar-refractivity contribution >= 4 is 17.7 Å². The number of anilines is 1. The molecular weight excluding hydrogens is 320 g/mol. The Morgan fingerprint density at radius 3 is 2.64 bits per heavy atom. The lowest BCUT2D eigenvalue weighted by Gasteiger charge is -2.37. The summed E-state index contributed by atoms with van der Waals surface area (Å²) in [5.41, 5.74) is 0.455. The summed E-state index contributed by atoms with van der Waals surface area (Å²) in [6.45, 7) is 11.3. The van der Waals surface area contributed by atoms with E-state index in [1.54, 1.807) is 25.3 Å². The fraction of sp³-hybridized carbons (Fsp3) is 0.500. The van der Waals surface area contributed by atoms with Crippen molar-refractivity contribution in [2.45, 2.75) is 19.9 Å². The molecule has 0 saturated carbocycles. The summed E-state index contributed by atoms with van der Waals surface area (Å²) < 4.78 is 4.96. The summed E-state index contributed by atoms with van der Waals surface area (Å²) in [6.07, 6.45) is 3.22. The van der Waals surface area contributed by atoms with E-state index < -0.39 is 0 Å². The van der Waals surface area contributed by atoms with Gasteiger partial charge in [0, 0.05) is 38.9 Å². The molecule has 1 aromatic rings. The summed E-state index contributed by atoms with van der Waals surface area (Å²) >= 11 is 0. The lowest BCUT2D eigenvalue weighted by Crippen LogP contribution is -2.54. The molecule has 0 bridgehead atoms. The molecule has 7 nitrogen and oxygen atoms in total. The van der Waals surface area contributed by atoms with Crippen LogP contribution in [0.3, 0.4) is 0 Å². The predicted molar refractivity (Wildman–Crippen MR) is 96.6 cm³/mol. The molecule has 7 heteroatoms. The molecule has 1 aliphatic rings. The number of aromatic nitrogens is 1. The zero-order chi connectivity index (χ0) is 18.2. The Kier molecular flexibility index (Phi) is 6.94. The van der Waals surface area contributed by atoms with Crippen molar-refractivity contribution in [3.63, 3.8) is 0 Å². The van der Waals surface area contributed by atoms with Crippen LogP contribution >= 0.6 is 0 Å². The van der Waals surface area contributed by atoms with E-state index in [9.17, 15) is 9.59 Å². The van der Waals surface area contributed by atoms with Crippen LogP contribution in [0.4, 0.5) is 5.82 Å². The Hall–Kier alpha value is -2.41. The number of nitrogens with one attached hydrogen (secondary N) is 1. The number of hydrogen-bond acceptors (Lipinski definition) is 6. The summed E-state index contributed by atoms with van der Waals surface area (Å²) in [5, 5.41) is 2.83. The number of rotatable bonds is 7. The average molecular weight is 346 g/mol. The molecular formula is C18H26N4O3. The Morgan fingerprint density at radius 1 is 1.36 bits per heavy atom. The van der Waals surface area contributed by atoms with E-state index in [4.69, 9.17) is 4.74 Å². The molecule has 1 aromatic heterocycles. The molecule has 1 unspecified atom stereocenters. The van der Waals surface area contributed by atoms with Gasteiger partial charge in [0.1, 0.15) is 5.82 Å². The van der Waals surface area contributed by atoms with Crippen molar-refractivity contribution in [2.75, 3.05) is 44.2 Å². The molecule has 25 heavy (non-hydrogen) atoms. The van der Waals surface area contributed by atoms with E-state index >= 15 is 0 Å². The van der Waals surface area contributed by atoms with Gasteiger partial charge in [0.25, 0.3) is 0 Å². The molecule has 1 fully saturated rings. The van der Waals surface area contributed by atoms with Gasteiger partial charge in [0.15, 0.2) is 0 Å². The Labute approximate surface area is 148 Å². The van der Waals surface area contributed by atoms with E-state index in [1.807, 2.05) is 13.0 Å². The second kappa shape index (κ2) is 9.17. The van der Waals surface area contributed by atoms with Crippen LogP contribution in [0.25, 0.3) is 0 Å². The quantitative estimate of drug-likeness (QED) is 0.588. The van der Waals surface area contributed by atoms with Gasteiger partial charge in [-0.2, -0.15) is 0 Å². The monoisotopic (exact) mass is 346 g/mol. The fourth-order valence-electron chi connectivity index (χ4n) is 2.73.